The van der Waals surface area contributed by atoms with Gasteiger partial charge in [0.25, 0.3) is 5.92 Å². The Morgan fingerprint density at radius 2 is 2.16 bits per heavy atom. The van der Waals surface area contributed by atoms with Crippen LogP contribution in [0.25, 0.3) is 0 Å². The highest BCUT2D eigenvalue weighted by Gasteiger charge is 2.46. The van der Waals surface area contributed by atoms with Gasteiger partial charge in [0.2, 0.25) is 0 Å². The van der Waals surface area contributed by atoms with E-state index in [-0.39, 0.29) is 29.9 Å². The molecule has 0 saturated carbocycles. The number of halogens is 3. The van der Waals surface area contributed by atoms with Gasteiger partial charge in [0.15, 0.2) is 0 Å². The molecule has 2 fully saturated rings. The number of hydrogen-bond donors (Lipinski definition) is 2. The van der Waals surface area contributed by atoms with Gasteiger partial charge in [0.1, 0.15) is 11.2 Å². The average Bonchev–Trinajstić information content (AvgIpc) is 2.30. The highest BCUT2D eigenvalue weighted by Crippen LogP contribution is 2.32. The molecule has 2 rings (SSSR count). The predicted octanol–water partition coefficient (Wildman–Crippen LogP) is 0.491. The molecule has 0 aromatic heterocycles. The largest absolute Gasteiger partial charge is 0.403 e. The summed E-state index contributed by atoms with van der Waals surface area (Å²) in [7, 11) is 0. The quantitative estimate of drug-likeness (QED) is 0.743. The van der Waals surface area contributed by atoms with E-state index in [0.29, 0.717) is 19.8 Å². The third-order valence-electron chi connectivity index (χ3n) is 3.45. The molecule has 2 saturated heterocycles. The van der Waals surface area contributed by atoms with E-state index in [0.717, 1.165) is 6.20 Å². The van der Waals surface area contributed by atoms with Crippen molar-refractivity contribution in [3.63, 3.8) is 0 Å². The van der Waals surface area contributed by atoms with Gasteiger partial charge >= 0.3 is 0 Å². The molecule has 4 N–H and O–H groups in total. The molecule has 0 spiro atoms. The third kappa shape index (κ3) is 3.16. The zero-order valence-electron chi connectivity index (χ0n) is 10.4. The van der Waals surface area contributed by atoms with Crippen LogP contribution < -0.4 is 11.5 Å². The van der Waals surface area contributed by atoms with E-state index < -0.39 is 12.0 Å². The molecule has 5 nitrogen and oxygen atoms in total. The first kappa shape index (κ1) is 14.5. The lowest BCUT2D eigenvalue weighted by Crippen LogP contribution is -2.58. The number of allylic oxidation sites excluding steroid dienone is 1. The Balaban J connectivity index is 2.10. The van der Waals surface area contributed by atoms with Crippen molar-refractivity contribution in [2.45, 2.75) is 24.4 Å². The molecule has 19 heavy (non-hydrogen) atoms. The summed E-state index contributed by atoms with van der Waals surface area (Å²) in [5.74, 6) is -2.88. The number of hydrogen-bond acceptors (Lipinski definition) is 5. The number of aliphatic imine (C=N–C) groups is 1. The summed E-state index contributed by atoms with van der Waals surface area (Å²) in [5.41, 5.74) is 10.6. The number of alkyl halides is 2. The van der Waals surface area contributed by atoms with Crippen LogP contribution in [0.15, 0.2) is 16.9 Å². The fourth-order valence-corrected chi connectivity index (χ4v) is 2.27. The molecule has 0 aromatic carbocycles. The summed E-state index contributed by atoms with van der Waals surface area (Å²) >= 11 is 5.77. The van der Waals surface area contributed by atoms with Gasteiger partial charge in [-0.25, -0.2) is 8.78 Å². The zero-order valence-corrected chi connectivity index (χ0v) is 11.1. The first-order valence-corrected chi connectivity index (χ1v) is 6.42. The van der Waals surface area contributed by atoms with Gasteiger partial charge in [-0.3, -0.25) is 9.89 Å². The van der Waals surface area contributed by atoms with E-state index >= 15 is 0 Å². The van der Waals surface area contributed by atoms with Crippen molar-refractivity contribution in [2.24, 2.45) is 16.5 Å². The zero-order chi connectivity index (χ0) is 14.0. The number of piperidine rings is 1. The van der Waals surface area contributed by atoms with Gasteiger partial charge in [0.05, 0.1) is 25.0 Å². The van der Waals surface area contributed by atoms with Crippen molar-refractivity contribution in [3.05, 3.63) is 11.9 Å². The maximum atomic E-state index is 13.8. The monoisotopic (exact) mass is 294 g/mol. The minimum atomic E-state index is -2.88. The minimum Gasteiger partial charge on any atom is -0.403 e. The second-order valence-corrected chi connectivity index (χ2v) is 5.11. The van der Waals surface area contributed by atoms with Crippen LogP contribution in [0.3, 0.4) is 0 Å². The fourth-order valence-electron chi connectivity index (χ4n) is 2.09. The van der Waals surface area contributed by atoms with E-state index in [2.05, 4.69) is 4.99 Å². The van der Waals surface area contributed by atoms with Crippen LogP contribution in [0.4, 0.5) is 8.78 Å². The van der Waals surface area contributed by atoms with E-state index in [9.17, 15) is 8.78 Å². The molecule has 0 aliphatic carbocycles. The Labute approximate surface area is 115 Å². The van der Waals surface area contributed by atoms with Crippen LogP contribution >= 0.6 is 11.6 Å². The summed E-state index contributed by atoms with van der Waals surface area (Å²) < 4.78 is 32.8. The third-order valence-corrected chi connectivity index (χ3v) is 3.77. The lowest BCUT2D eigenvalue weighted by molar-refractivity contribution is -0.120. The maximum absolute atomic E-state index is 13.8. The van der Waals surface area contributed by atoms with E-state index in [1.54, 1.807) is 0 Å². The second-order valence-electron chi connectivity index (χ2n) is 4.75. The molecule has 2 aliphatic rings. The first-order valence-electron chi connectivity index (χ1n) is 6.04. The van der Waals surface area contributed by atoms with Crippen molar-refractivity contribution >= 4 is 16.8 Å². The van der Waals surface area contributed by atoms with E-state index in [1.807, 2.05) is 4.90 Å². The number of nitrogens with two attached hydrogens (primary N) is 2. The van der Waals surface area contributed by atoms with Gasteiger partial charge in [-0.15, -0.1) is 0 Å². The minimum absolute atomic E-state index is 0.00145. The molecule has 0 radical (unpaired) electrons. The maximum Gasteiger partial charge on any atom is 0.272 e. The smallest absolute Gasteiger partial charge is 0.272 e. The van der Waals surface area contributed by atoms with Crippen molar-refractivity contribution in [1.29, 1.82) is 0 Å². The molecule has 2 heterocycles. The molecular formula is C11H17ClF2N4O. The Hall–Kier alpha value is -0.920. The number of ether oxygens (including phenoxy) is 1. The average molecular weight is 295 g/mol. The Morgan fingerprint density at radius 3 is 2.68 bits per heavy atom. The van der Waals surface area contributed by atoms with Gasteiger partial charge < -0.3 is 16.2 Å². The fraction of sp³-hybridized carbons (Fsp3) is 0.727. The van der Waals surface area contributed by atoms with Crippen LogP contribution in [0.5, 0.6) is 0 Å². The van der Waals surface area contributed by atoms with Crippen molar-refractivity contribution in [3.8, 4) is 0 Å². The Bertz CT molecular complexity index is 398. The van der Waals surface area contributed by atoms with Crippen LogP contribution in [0, 0.1) is 0 Å². The van der Waals surface area contributed by atoms with Gasteiger partial charge in [-0.2, -0.15) is 0 Å². The molecule has 2 aliphatic heterocycles. The molecule has 0 bridgehead atoms. The number of nitrogens with zero attached hydrogens (tertiary/aromatic N) is 2. The van der Waals surface area contributed by atoms with E-state index in [1.165, 1.54) is 0 Å². The summed E-state index contributed by atoms with van der Waals surface area (Å²) in [4.78, 5) is 5.79. The predicted molar refractivity (Wildman–Crippen MR) is 69.3 cm³/mol. The molecule has 1 atom stereocenters. The van der Waals surface area contributed by atoms with Crippen LogP contribution in [-0.2, 0) is 4.74 Å². The molecule has 8 heteroatoms. The van der Waals surface area contributed by atoms with Crippen molar-refractivity contribution < 1.29 is 13.5 Å². The van der Waals surface area contributed by atoms with E-state index in [4.69, 9.17) is 27.8 Å². The van der Waals surface area contributed by atoms with Gasteiger partial charge in [-0.1, -0.05) is 11.6 Å². The lowest BCUT2D eigenvalue weighted by Gasteiger charge is -2.43. The number of rotatable bonds is 3. The highest BCUT2D eigenvalue weighted by molar-refractivity contribution is 6.69. The SMILES string of the molecule is NC=C(N)C(Cl)=NC1CN(C2COC2)CCC1(F)F. The Kier molecular flexibility index (Phi) is 4.27. The van der Waals surface area contributed by atoms with Crippen LogP contribution in [0.2, 0.25) is 0 Å². The Morgan fingerprint density at radius 1 is 1.47 bits per heavy atom. The van der Waals surface area contributed by atoms with Crippen molar-refractivity contribution in [1.82, 2.24) is 4.90 Å². The van der Waals surface area contributed by atoms with Crippen molar-refractivity contribution in [2.75, 3.05) is 26.3 Å². The van der Waals surface area contributed by atoms with Gasteiger partial charge in [0, 0.05) is 25.7 Å². The first-order chi connectivity index (χ1) is 8.94. The molecule has 0 amide bonds. The van der Waals surface area contributed by atoms with Crippen LogP contribution in [0.1, 0.15) is 6.42 Å². The molecule has 1 unspecified atom stereocenters. The van der Waals surface area contributed by atoms with Gasteiger partial charge in [-0.05, 0) is 0 Å². The second kappa shape index (κ2) is 5.60. The number of likely N-dealkylation sites (tertiary alicyclic amines) is 1. The molecular weight excluding hydrogens is 278 g/mol. The standard InChI is InChI=1S/C11H17ClF2N4O/c12-10(8(16)3-15)17-9-4-18(7-5-19-6-7)2-1-11(9,13)14/h3,7,9H,1-2,4-6,15-16H2. The summed E-state index contributed by atoms with van der Waals surface area (Å²) in [5, 5.41) is -0.168. The molecule has 0 aromatic rings. The topological polar surface area (TPSA) is 76.9 Å². The lowest BCUT2D eigenvalue weighted by atomic mass is 9.99. The molecule has 108 valence electrons. The van der Waals surface area contributed by atoms with Crippen LogP contribution in [-0.4, -0.2) is 54.4 Å². The summed E-state index contributed by atoms with van der Waals surface area (Å²) in [6.07, 6.45) is 0.804. The summed E-state index contributed by atoms with van der Waals surface area (Å²) in [6.45, 7) is 1.66. The normalized spacial score (nSPS) is 30.2. The summed E-state index contributed by atoms with van der Waals surface area (Å²) in [6, 6.07) is -0.997. The highest BCUT2D eigenvalue weighted by atomic mass is 35.5.